The van der Waals surface area contributed by atoms with Crippen LogP contribution in [0.5, 0.6) is 0 Å². The van der Waals surface area contributed by atoms with Crippen LogP contribution in [0.1, 0.15) is 0 Å². The third-order valence-electron chi connectivity index (χ3n) is 1.04. The fraction of sp³-hybridized carbons (Fsp3) is 0. The third kappa shape index (κ3) is 1.28. The first-order valence-electron chi connectivity index (χ1n) is 2.66. The summed E-state index contributed by atoms with van der Waals surface area (Å²) in [6, 6.07) is 0. The number of aliphatic hydroxyl groups excluding tert-OH is 1. The molecule has 1 aliphatic rings. The summed E-state index contributed by atoms with van der Waals surface area (Å²) in [4.78, 5) is 0. The van der Waals surface area contributed by atoms with Gasteiger partial charge in [-0.1, -0.05) is 6.58 Å². The lowest BCUT2D eigenvalue weighted by Gasteiger charge is -1.86. The van der Waals surface area contributed by atoms with Crippen molar-refractivity contribution in [2.75, 3.05) is 0 Å². The van der Waals surface area contributed by atoms with Crippen LogP contribution in [0.4, 0.5) is 0 Å². The Morgan fingerprint density at radius 3 is 2.78 bits per heavy atom. The molecule has 0 amide bonds. The van der Waals surface area contributed by atoms with Crippen molar-refractivity contribution in [3.8, 4) is 0 Å². The zero-order chi connectivity index (χ0) is 6.69. The van der Waals surface area contributed by atoms with Gasteiger partial charge in [0.25, 0.3) is 0 Å². The van der Waals surface area contributed by atoms with E-state index in [1.165, 1.54) is 6.08 Å². The number of rotatable bonds is 1. The molecule has 0 aromatic rings. The lowest BCUT2D eigenvalue weighted by atomic mass is 10.1. The summed E-state index contributed by atoms with van der Waals surface area (Å²) < 4.78 is 0. The van der Waals surface area contributed by atoms with Crippen LogP contribution in [-0.4, -0.2) is 5.11 Å². The van der Waals surface area contributed by atoms with Gasteiger partial charge in [-0.2, -0.15) is 0 Å². The molecule has 1 aliphatic carbocycles. The van der Waals surface area contributed by atoms with Crippen LogP contribution in [0.3, 0.4) is 0 Å². The van der Waals surface area contributed by atoms with Crippen LogP contribution in [0, 0.1) is 6.08 Å². The number of allylic oxidation sites excluding steroid dienone is 6. The summed E-state index contributed by atoms with van der Waals surface area (Å²) >= 11 is 0. The maximum absolute atomic E-state index is 8.79. The predicted octanol–water partition coefficient (Wildman–Crippen LogP) is 1.91. The Bertz CT molecular complexity index is 207. The number of aliphatic hydroxyl groups is 1. The third-order valence-corrected chi connectivity index (χ3v) is 1.04. The first kappa shape index (κ1) is 5.80. The zero-order valence-corrected chi connectivity index (χ0v) is 4.96. The van der Waals surface area contributed by atoms with Gasteiger partial charge in [0.1, 0.15) is 11.6 Å². The first-order valence-corrected chi connectivity index (χ1v) is 2.66. The summed E-state index contributed by atoms with van der Waals surface area (Å²) in [6.45, 7) is 3.55. The molecule has 0 aromatic heterocycles. The molecule has 0 unspecified atom stereocenters. The van der Waals surface area contributed by atoms with Gasteiger partial charge >= 0.3 is 0 Å². The van der Waals surface area contributed by atoms with Crippen molar-refractivity contribution >= 4 is 0 Å². The Kier molecular flexibility index (Phi) is 1.48. The average molecular weight is 119 g/mol. The minimum atomic E-state index is 0.237. The van der Waals surface area contributed by atoms with Crippen molar-refractivity contribution in [1.82, 2.24) is 0 Å². The van der Waals surface area contributed by atoms with Crippen LogP contribution in [-0.2, 0) is 0 Å². The molecule has 1 heteroatoms. The van der Waals surface area contributed by atoms with E-state index < -0.39 is 0 Å². The lowest BCUT2D eigenvalue weighted by Crippen LogP contribution is -1.81. The van der Waals surface area contributed by atoms with Crippen molar-refractivity contribution < 1.29 is 5.11 Å². The number of hydrogen-bond donors (Lipinski definition) is 1. The highest BCUT2D eigenvalue weighted by Crippen LogP contribution is 2.06. The van der Waals surface area contributed by atoms with Gasteiger partial charge in [0, 0.05) is 18.2 Å². The molecule has 0 aliphatic heterocycles. The van der Waals surface area contributed by atoms with Crippen molar-refractivity contribution in [3.05, 3.63) is 48.3 Å². The SMILES string of the molecule is C=CC1=[C+]C=C(O)C=C1. The fourth-order valence-electron chi connectivity index (χ4n) is 0.556. The van der Waals surface area contributed by atoms with Crippen LogP contribution in [0.15, 0.2) is 42.2 Å². The maximum Gasteiger partial charge on any atom is 0.204 e. The Labute approximate surface area is 54.3 Å². The summed E-state index contributed by atoms with van der Waals surface area (Å²) in [5.41, 5.74) is 0.896. The Morgan fingerprint density at radius 1 is 1.56 bits per heavy atom. The van der Waals surface area contributed by atoms with Crippen molar-refractivity contribution in [3.63, 3.8) is 0 Å². The number of hydrogen-bond acceptors (Lipinski definition) is 1. The Morgan fingerprint density at radius 2 is 2.33 bits per heavy atom. The van der Waals surface area contributed by atoms with Gasteiger partial charge in [0.15, 0.2) is 0 Å². The van der Waals surface area contributed by atoms with Crippen molar-refractivity contribution in [2.45, 2.75) is 0 Å². The van der Waals surface area contributed by atoms with Gasteiger partial charge < -0.3 is 5.11 Å². The molecular formula is C8H7O+. The predicted molar refractivity (Wildman–Crippen MR) is 36.8 cm³/mol. The molecular weight excluding hydrogens is 112 g/mol. The standard InChI is InChI=1S/C8H6O/c1-2-7-3-5-8(9)6-4-7/h2-3,5-6H,1H2/p+1. The molecule has 9 heavy (non-hydrogen) atoms. The smallest absolute Gasteiger partial charge is 0.204 e. The van der Waals surface area contributed by atoms with E-state index >= 15 is 0 Å². The van der Waals surface area contributed by atoms with E-state index in [0.717, 1.165) is 5.57 Å². The molecule has 1 N–H and O–H groups in total. The topological polar surface area (TPSA) is 20.2 Å². The minimum Gasteiger partial charge on any atom is -0.463 e. The molecule has 0 fully saturated rings. The van der Waals surface area contributed by atoms with Crippen LogP contribution in [0.2, 0.25) is 0 Å². The Hall–Kier alpha value is -1.33. The van der Waals surface area contributed by atoms with E-state index in [1.54, 1.807) is 18.2 Å². The monoisotopic (exact) mass is 119 g/mol. The normalized spacial score (nSPS) is 15.6. The largest absolute Gasteiger partial charge is 0.463 e. The van der Waals surface area contributed by atoms with Gasteiger partial charge in [0.2, 0.25) is 5.76 Å². The van der Waals surface area contributed by atoms with Gasteiger partial charge in [-0.3, -0.25) is 0 Å². The highest BCUT2D eigenvalue weighted by molar-refractivity contribution is 5.37. The molecule has 0 aromatic carbocycles. The van der Waals surface area contributed by atoms with Crippen molar-refractivity contribution in [2.24, 2.45) is 0 Å². The van der Waals surface area contributed by atoms with E-state index in [2.05, 4.69) is 12.7 Å². The molecule has 0 atom stereocenters. The van der Waals surface area contributed by atoms with E-state index in [4.69, 9.17) is 5.11 Å². The van der Waals surface area contributed by atoms with E-state index in [-0.39, 0.29) is 5.76 Å². The summed E-state index contributed by atoms with van der Waals surface area (Å²) in [6.07, 6.45) is 9.37. The van der Waals surface area contributed by atoms with Crippen LogP contribution in [0.25, 0.3) is 0 Å². The molecule has 0 spiro atoms. The average Bonchev–Trinajstić information content (AvgIpc) is 1.90. The quantitative estimate of drug-likeness (QED) is 0.523. The maximum atomic E-state index is 8.79. The molecule has 0 saturated carbocycles. The first-order chi connectivity index (χ1) is 4.33. The highest BCUT2D eigenvalue weighted by atomic mass is 16.3. The van der Waals surface area contributed by atoms with E-state index in [9.17, 15) is 0 Å². The van der Waals surface area contributed by atoms with Gasteiger partial charge in [-0.25, -0.2) is 0 Å². The van der Waals surface area contributed by atoms with E-state index in [1.807, 2.05) is 0 Å². The molecule has 1 nitrogen and oxygen atoms in total. The molecule has 0 radical (unpaired) electrons. The minimum absolute atomic E-state index is 0.237. The lowest BCUT2D eigenvalue weighted by molar-refractivity contribution is 0.431. The summed E-state index contributed by atoms with van der Waals surface area (Å²) in [5, 5.41) is 8.79. The highest BCUT2D eigenvalue weighted by Gasteiger charge is 2.01. The van der Waals surface area contributed by atoms with Crippen molar-refractivity contribution in [1.29, 1.82) is 0 Å². The summed E-state index contributed by atoms with van der Waals surface area (Å²) in [7, 11) is 0. The second-order valence-corrected chi connectivity index (χ2v) is 1.71. The van der Waals surface area contributed by atoms with Gasteiger partial charge in [0.05, 0.1) is 6.08 Å². The molecule has 44 valence electrons. The zero-order valence-electron chi connectivity index (χ0n) is 4.96. The fourth-order valence-corrected chi connectivity index (χ4v) is 0.556. The Balaban J connectivity index is 2.86. The van der Waals surface area contributed by atoms with Crippen LogP contribution >= 0.6 is 0 Å². The second-order valence-electron chi connectivity index (χ2n) is 1.71. The van der Waals surface area contributed by atoms with Gasteiger partial charge in [-0.05, 0) is 0 Å². The molecule has 1 rings (SSSR count). The summed E-state index contributed by atoms with van der Waals surface area (Å²) in [5.74, 6) is 0.237. The van der Waals surface area contributed by atoms with Gasteiger partial charge in [-0.15, -0.1) is 0 Å². The molecule has 0 heterocycles. The second kappa shape index (κ2) is 2.29. The molecule has 0 saturated heterocycles. The van der Waals surface area contributed by atoms with E-state index in [0.29, 0.717) is 0 Å². The van der Waals surface area contributed by atoms with Crippen LogP contribution < -0.4 is 0 Å². The molecule has 0 bridgehead atoms.